The van der Waals surface area contributed by atoms with Gasteiger partial charge in [0.15, 0.2) is 5.69 Å². The summed E-state index contributed by atoms with van der Waals surface area (Å²) in [5.41, 5.74) is -0.895. The summed E-state index contributed by atoms with van der Waals surface area (Å²) in [7, 11) is 1.41. The van der Waals surface area contributed by atoms with E-state index in [1.54, 1.807) is 30.3 Å². The largest absolute Gasteiger partial charge is 0.434 e. The monoisotopic (exact) mass is 454 g/mol. The highest BCUT2D eigenvalue weighted by molar-refractivity contribution is 6.35. The van der Waals surface area contributed by atoms with Gasteiger partial charge >= 0.3 is 6.18 Å². The van der Waals surface area contributed by atoms with Crippen LogP contribution in [0.25, 0.3) is 0 Å². The number of nitrogens with one attached hydrogen (secondary N) is 1. The number of rotatable bonds is 5. The van der Waals surface area contributed by atoms with Crippen molar-refractivity contribution in [1.29, 1.82) is 0 Å². The van der Waals surface area contributed by atoms with Crippen LogP contribution >= 0.6 is 23.2 Å². The number of hydrogen-bond donors (Lipinski definition) is 1. The Bertz CT molecular complexity index is 1040. The molecule has 0 bridgehead atoms. The first kappa shape index (κ1) is 21.9. The van der Waals surface area contributed by atoms with Gasteiger partial charge in [-0.2, -0.15) is 13.2 Å². The van der Waals surface area contributed by atoms with Gasteiger partial charge < -0.3 is 10.2 Å². The average molecular weight is 455 g/mol. The maximum Gasteiger partial charge on any atom is 0.434 e. The Balaban J connectivity index is 1.90. The molecule has 0 spiro atoms. The fraction of sp³-hybridized carbons (Fsp3) is 0.150. The van der Waals surface area contributed by atoms with Crippen LogP contribution in [0.5, 0.6) is 0 Å². The summed E-state index contributed by atoms with van der Waals surface area (Å²) < 4.78 is 40.8. The van der Waals surface area contributed by atoms with E-state index in [-0.39, 0.29) is 22.5 Å². The van der Waals surface area contributed by atoms with E-state index in [0.717, 1.165) is 11.8 Å². The third-order valence-electron chi connectivity index (χ3n) is 4.02. The number of amides is 1. The van der Waals surface area contributed by atoms with Crippen molar-refractivity contribution in [2.75, 3.05) is 12.4 Å². The third kappa shape index (κ3) is 5.40. The molecule has 0 fully saturated rings. The van der Waals surface area contributed by atoms with Crippen molar-refractivity contribution in [1.82, 2.24) is 14.9 Å². The first-order valence-corrected chi connectivity index (χ1v) is 9.36. The zero-order valence-electron chi connectivity index (χ0n) is 15.5. The SMILES string of the molecule is CN(Cc1ccccc1)C(=O)c1cnc(Nc2cc(Cl)cc(Cl)c2)nc1C(F)(F)F. The maximum absolute atomic E-state index is 13.6. The smallest absolute Gasteiger partial charge is 0.337 e. The normalized spacial score (nSPS) is 11.3. The summed E-state index contributed by atoms with van der Waals surface area (Å²) >= 11 is 11.8. The second-order valence-corrected chi connectivity index (χ2v) is 7.26. The molecule has 0 aliphatic rings. The summed E-state index contributed by atoms with van der Waals surface area (Å²) in [5, 5.41) is 3.19. The van der Waals surface area contributed by atoms with Gasteiger partial charge in [0.1, 0.15) is 0 Å². The molecule has 0 aliphatic carbocycles. The number of hydrogen-bond acceptors (Lipinski definition) is 4. The second-order valence-electron chi connectivity index (χ2n) is 6.38. The van der Waals surface area contributed by atoms with Gasteiger partial charge in [-0.3, -0.25) is 4.79 Å². The lowest BCUT2D eigenvalue weighted by atomic mass is 10.1. The van der Waals surface area contributed by atoms with E-state index in [0.29, 0.717) is 5.69 Å². The highest BCUT2D eigenvalue weighted by Gasteiger charge is 2.38. The summed E-state index contributed by atoms with van der Waals surface area (Å²) in [4.78, 5) is 21.2. The van der Waals surface area contributed by atoms with Gasteiger partial charge in [-0.15, -0.1) is 0 Å². The first-order valence-electron chi connectivity index (χ1n) is 8.60. The van der Waals surface area contributed by atoms with Crippen molar-refractivity contribution in [3.63, 3.8) is 0 Å². The van der Waals surface area contributed by atoms with Gasteiger partial charge in [0.05, 0.1) is 5.56 Å². The number of benzene rings is 2. The minimum atomic E-state index is -4.86. The molecule has 1 aromatic heterocycles. The number of carbonyl (C=O) groups is 1. The van der Waals surface area contributed by atoms with Gasteiger partial charge in [-0.05, 0) is 23.8 Å². The number of anilines is 2. The van der Waals surface area contributed by atoms with E-state index in [4.69, 9.17) is 23.2 Å². The lowest BCUT2D eigenvalue weighted by molar-refractivity contribution is -0.141. The summed E-state index contributed by atoms with van der Waals surface area (Å²) in [6.45, 7) is 0.137. The molecular formula is C20H15Cl2F3N4O. The molecule has 10 heteroatoms. The molecule has 0 saturated heterocycles. The van der Waals surface area contributed by atoms with Gasteiger partial charge in [-0.1, -0.05) is 53.5 Å². The van der Waals surface area contributed by atoms with E-state index in [1.165, 1.54) is 30.1 Å². The van der Waals surface area contributed by atoms with E-state index >= 15 is 0 Å². The standard InChI is InChI=1S/C20H15Cl2F3N4O/c1-29(11-12-5-3-2-4-6-12)18(30)16-10-26-19(28-17(16)20(23,24)25)27-15-8-13(21)7-14(22)9-15/h2-10H,11H2,1H3,(H,26,27,28). The van der Waals surface area contributed by atoms with Crippen molar-refractivity contribution in [2.24, 2.45) is 0 Å². The lowest BCUT2D eigenvalue weighted by Crippen LogP contribution is -2.29. The number of nitrogens with zero attached hydrogens (tertiary/aromatic N) is 3. The van der Waals surface area contributed by atoms with Crippen molar-refractivity contribution in [3.8, 4) is 0 Å². The third-order valence-corrected chi connectivity index (χ3v) is 4.45. The number of alkyl halides is 3. The van der Waals surface area contributed by atoms with Gasteiger partial charge in [0.25, 0.3) is 5.91 Å². The van der Waals surface area contributed by atoms with E-state index in [9.17, 15) is 18.0 Å². The summed E-state index contributed by atoms with van der Waals surface area (Å²) in [6.07, 6.45) is -4.00. The first-order chi connectivity index (χ1) is 14.1. The number of aromatic nitrogens is 2. The van der Waals surface area contributed by atoms with Crippen LogP contribution in [0.1, 0.15) is 21.6 Å². The maximum atomic E-state index is 13.6. The molecule has 1 N–H and O–H groups in total. The van der Waals surface area contributed by atoms with Crippen molar-refractivity contribution >= 4 is 40.7 Å². The van der Waals surface area contributed by atoms with Crippen LogP contribution in [0.15, 0.2) is 54.7 Å². The fourth-order valence-corrected chi connectivity index (χ4v) is 3.23. The second kappa shape index (κ2) is 8.89. The molecule has 1 heterocycles. The zero-order chi connectivity index (χ0) is 21.9. The van der Waals surface area contributed by atoms with Crippen LogP contribution in [0.4, 0.5) is 24.8 Å². The molecule has 5 nitrogen and oxygen atoms in total. The molecule has 1 amide bonds. The minimum absolute atomic E-state index is 0.137. The van der Waals surface area contributed by atoms with Crippen molar-refractivity contribution in [2.45, 2.75) is 12.7 Å². The van der Waals surface area contributed by atoms with Crippen LogP contribution in [0.2, 0.25) is 10.0 Å². The van der Waals surface area contributed by atoms with Gasteiger partial charge in [0, 0.05) is 35.5 Å². The number of carbonyl (C=O) groups excluding carboxylic acids is 1. The van der Waals surface area contributed by atoms with Crippen molar-refractivity contribution in [3.05, 3.63) is 81.6 Å². The van der Waals surface area contributed by atoms with E-state index in [2.05, 4.69) is 15.3 Å². The highest BCUT2D eigenvalue weighted by Crippen LogP contribution is 2.32. The Morgan fingerprint density at radius 3 is 2.33 bits per heavy atom. The molecule has 0 saturated carbocycles. The van der Waals surface area contributed by atoms with E-state index in [1.807, 2.05) is 0 Å². The van der Waals surface area contributed by atoms with Crippen LogP contribution in [0.3, 0.4) is 0 Å². The van der Waals surface area contributed by atoms with Gasteiger partial charge in [-0.25, -0.2) is 9.97 Å². The Morgan fingerprint density at radius 2 is 1.73 bits per heavy atom. The van der Waals surface area contributed by atoms with Crippen LogP contribution < -0.4 is 5.32 Å². The molecule has 0 radical (unpaired) electrons. The predicted octanol–water partition coefficient (Wildman–Crippen LogP) is 5.82. The summed E-state index contributed by atoms with van der Waals surface area (Å²) in [5.74, 6) is -1.19. The molecule has 2 aromatic carbocycles. The molecule has 30 heavy (non-hydrogen) atoms. The Morgan fingerprint density at radius 1 is 1.10 bits per heavy atom. The van der Waals surface area contributed by atoms with Crippen LogP contribution in [-0.4, -0.2) is 27.8 Å². The molecule has 3 aromatic rings. The molecular weight excluding hydrogens is 440 g/mol. The summed E-state index contributed by atoms with van der Waals surface area (Å²) in [6, 6.07) is 13.3. The topological polar surface area (TPSA) is 58.1 Å². The molecule has 3 rings (SSSR count). The molecule has 0 atom stereocenters. The lowest BCUT2D eigenvalue weighted by Gasteiger charge is -2.20. The predicted molar refractivity (Wildman–Crippen MR) is 109 cm³/mol. The van der Waals surface area contributed by atoms with Crippen LogP contribution in [0, 0.1) is 0 Å². The van der Waals surface area contributed by atoms with Crippen LogP contribution in [-0.2, 0) is 12.7 Å². The minimum Gasteiger partial charge on any atom is -0.337 e. The molecule has 156 valence electrons. The number of halogens is 5. The van der Waals surface area contributed by atoms with Crippen molar-refractivity contribution < 1.29 is 18.0 Å². The highest BCUT2D eigenvalue weighted by atomic mass is 35.5. The Kier molecular flexibility index (Phi) is 6.48. The van der Waals surface area contributed by atoms with E-state index < -0.39 is 23.3 Å². The average Bonchev–Trinajstić information content (AvgIpc) is 2.66. The Labute approximate surface area is 180 Å². The quantitative estimate of drug-likeness (QED) is 0.527. The zero-order valence-corrected chi connectivity index (χ0v) is 17.1. The fourth-order valence-electron chi connectivity index (χ4n) is 2.70. The molecule has 0 aliphatic heterocycles. The van der Waals surface area contributed by atoms with Gasteiger partial charge in [0.2, 0.25) is 5.95 Å². The Hall–Kier alpha value is -2.84. The molecule has 0 unspecified atom stereocenters.